The maximum Gasteiger partial charge on any atom is 0.164 e. The first-order valence-corrected chi connectivity index (χ1v) is 22.9. The molecule has 0 radical (unpaired) electrons. The minimum Gasteiger partial charge on any atom is -0.208 e. The molecule has 5 heteroatoms. The average molecular weight is 838 g/mol. The Morgan fingerprint density at radius 2 is 0.810 bits per heavy atom. The Kier molecular flexibility index (Phi) is 8.23. The predicted octanol–water partition coefficient (Wildman–Crippen LogP) is 15.4. The van der Waals surface area contributed by atoms with Crippen molar-refractivity contribution in [3.8, 4) is 67.5 Å². The summed E-state index contributed by atoms with van der Waals surface area (Å²) in [5, 5.41) is 2.59. The topological polar surface area (TPSA) is 38.7 Å². The summed E-state index contributed by atoms with van der Waals surface area (Å²) in [5.74, 6) is 1.92. The maximum absolute atomic E-state index is 5.39. The molecule has 11 aromatic rings. The Morgan fingerprint density at radius 1 is 0.317 bits per heavy atom. The summed E-state index contributed by atoms with van der Waals surface area (Å²) in [6.07, 6.45) is 0. The molecule has 0 atom stereocenters. The minimum atomic E-state index is -0.501. The fourth-order valence-corrected chi connectivity index (χ4v) is 12.5. The van der Waals surface area contributed by atoms with Crippen LogP contribution >= 0.6 is 23.1 Å². The lowest BCUT2D eigenvalue weighted by Crippen LogP contribution is -2.31. The molecular weight excluding hydrogens is 803 g/mol. The van der Waals surface area contributed by atoms with Crippen LogP contribution in [0.5, 0.6) is 0 Å². The Labute approximate surface area is 373 Å². The summed E-state index contributed by atoms with van der Waals surface area (Å²) < 4.78 is 2.60. The molecule has 0 saturated carbocycles. The highest BCUT2D eigenvalue weighted by molar-refractivity contribution is 7.99. The molecule has 2 aliphatic rings. The van der Waals surface area contributed by atoms with Gasteiger partial charge in [-0.05, 0) is 73.8 Å². The van der Waals surface area contributed by atoms with E-state index in [0.29, 0.717) is 17.5 Å². The van der Waals surface area contributed by atoms with Gasteiger partial charge in [0.15, 0.2) is 17.5 Å². The van der Waals surface area contributed by atoms with E-state index in [1.54, 1.807) is 0 Å². The third-order valence-electron chi connectivity index (χ3n) is 12.9. The van der Waals surface area contributed by atoms with Crippen molar-refractivity contribution >= 4 is 43.3 Å². The van der Waals surface area contributed by atoms with E-state index < -0.39 is 5.41 Å². The van der Waals surface area contributed by atoms with E-state index in [2.05, 4.69) is 206 Å². The van der Waals surface area contributed by atoms with Crippen LogP contribution in [-0.4, -0.2) is 15.0 Å². The van der Waals surface area contributed by atoms with Gasteiger partial charge in [-0.25, -0.2) is 15.0 Å². The van der Waals surface area contributed by atoms with Crippen LogP contribution in [0.15, 0.2) is 222 Å². The molecule has 2 aromatic heterocycles. The Hall–Kier alpha value is -7.44. The summed E-state index contributed by atoms with van der Waals surface area (Å²) in [7, 11) is 0. The standard InChI is InChI=1S/C58H35N3S2/c1-2-14-36(15-3-1)37-28-32-39(33-29-37)55-59-56(40-34-30-38(31-35-40)41-18-12-19-43-42-16-5-9-25-50(42)63-54(41)43)61-57(60-55)45-20-13-24-49-53(45)44-17-4-6-21-46(44)58(49)47-22-7-10-26-51(47)62-52-27-11-8-23-48(52)58/h1-35H. The minimum absolute atomic E-state index is 0.501. The van der Waals surface area contributed by atoms with E-state index in [0.717, 1.165) is 27.8 Å². The first-order valence-electron chi connectivity index (χ1n) is 21.3. The van der Waals surface area contributed by atoms with E-state index in [1.165, 1.54) is 74.5 Å². The van der Waals surface area contributed by atoms with Crippen molar-refractivity contribution in [3.05, 3.63) is 235 Å². The highest BCUT2D eigenvalue weighted by Crippen LogP contribution is 2.63. The molecule has 0 bridgehead atoms. The van der Waals surface area contributed by atoms with Crippen molar-refractivity contribution in [2.24, 2.45) is 0 Å². The first kappa shape index (κ1) is 36.2. The molecule has 0 saturated heterocycles. The molecule has 1 aliphatic carbocycles. The predicted molar refractivity (Wildman–Crippen MR) is 261 cm³/mol. The van der Waals surface area contributed by atoms with Gasteiger partial charge >= 0.3 is 0 Å². The second-order valence-corrected chi connectivity index (χ2v) is 18.4. The zero-order valence-electron chi connectivity index (χ0n) is 33.9. The van der Waals surface area contributed by atoms with Gasteiger partial charge in [-0.15, -0.1) is 11.3 Å². The fraction of sp³-hybridized carbons (Fsp3) is 0.0172. The largest absolute Gasteiger partial charge is 0.208 e. The molecule has 1 spiro atoms. The van der Waals surface area contributed by atoms with Crippen molar-refractivity contribution in [2.45, 2.75) is 15.2 Å². The fourth-order valence-electron chi connectivity index (χ4n) is 10.1. The third-order valence-corrected chi connectivity index (χ3v) is 15.2. The monoisotopic (exact) mass is 837 g/mol. The van der Waals surface area contributed by atoms with E-state index in [9.17, 15) is 0 Å². The van der Waals surface area contributed by atoms with Crippen LogP contribution in [0.2, 0.25) is 0 Å². The number of rotatable bonds is 5. The van der Waals surface area contributed by atoms with E-state index in [1.807, 2.05) is 29.2 Å². The van der Waals surface area contributed by atoms with Gasteiger partial charge < -0.3 is 0 Å². The van der Waals surface area contributed by atoms with Crippen molar-refractivity contribution < 1.29 is 0 Å². The number of hydrogen-bond donors (Lipinski definition) is 0. The zero-order chi connectivity index (χ0) is 41.5. The lowest BCUT2D eigenvalue weighted by Gasteiger charge is -2.39. The molecular formula is C58H35N3S2. The highest BCUT2D eigenvalue weighted by Gasteiger charge is 2.50. The molecule has 1 aliphatic heterocycles. The van der Waals surface area contributed by atoms with Crippen molar-refractivity contribution in [1.82, 2.24) is 15.0 Å². The van der Waals surface area contributed by atoms with E-state index in [-0.39, 0.29) is 0 Å². The molecule has 0 N–H and O–H groups in total. The Bertz CT molecular complexity index is 3550. The molecule has 63 heavy (non-hydrogen) atoms. The number of aromatic nitrogens is 3. The molecule has 3 nitrogen and oxygen atoms in total. The van der Waals surface area contributed by atoms with Gasteiger partial charge in [-0.1, -0.05) is 206 Å². The maximum atomic E-state index is 5.39. The van der Waals surface area contributed by atoms with Crippen LogP contribution in [0.1, 0.15) is 22.3 Å². The highest BCUT2D eigenvalue weighted by atomic mass is 32.2. The summed E-state index contributed by atoms with van der Waals surface area (Å²) in [4.78, 5) is 18.6. The summed E-state index contributed by atoms with van der Waals surface area (Å²) in [6, 6.07) is 76.6. The van der Waals surface area contributed by atoms with Crippen molar-refractivity contribution in [2.75, 3.05) is 0 Å². The quantitative estimate of drug-likeness (QED) is 0.173. The Balaban J connectivity index is 1.00. The number of benzene rings is 9. The second kappa shape index (κ2) is 14.3. The number of hydrogen-bond acceptors (Lipinski definition) is 5. The van der Waals surface area contributed by atoms with E-state index in [4.69, 9.17) is 15.0 Å². The Morgan fingerprint density at radius 3 is 1.54 bits per heavy atom. The summed E-state index contributed by atoms with van der Waals surface area (Å²) >= 11 is 3.71. The van der Waals surface area contributed by atoms with Gasteiger partial charge in [0.2, 0.25) is 0 Å². The van der Waals surface area contributed by atoms with Gasteiger partial charge in [-0.3, -0.25) is 0 Å². The summed E-state index contributed by atoms with van der Waals surface area (Å²) in [6.45, 7) is 0. The number of fused-ring (bicyclic) bond motifs is 12. The molecule has 0 fully saturated rings. The van der Waals surface area contributed by atoms with Gasteiger partial charge in [0.05, 0.1) is 5.41 Å². The van der Waals surface area contributed by atoms with E-state index >= 15 is 0 Å². The van der Waals surface area contributed by atoms with Crippen LogP contribution in [0, 0.1) is 0 Å². The molecule has 3 heterocycles. The SMILES string of the molecule is c1ccc(-c2ccc(-c3nc(-c4ccc(-c5cccc6c5sc5ccccc56)cc4)nc(-c4cccc5c4-c4ccccc4C54c5ccccc5Sc5ccccc54)n3)cc2)cc1. The van der Waals surface area contributed by atoms with Crippen molar-refractivity contribution in [3.63, 3.8) is 0 Å². The molecule has 0 unspecified atom stereocenters. The zero-order valence-corrected chi connectivity index (χ0v) is 35.5. The smallest absolute Gasteiger partial charge is 0.164 e. The first-order chi connectivity index (χ1) is 31.2. The molecule has 0 amide bonds. The second-order valence-electron chi connectivity index (χ2n) is 16.2. The lowest BCUT2D eigenvalue weighted by molar-refractivity contribution is 0.722. The molecule has 294 valence electrons. The van der Waals surface area contributed by atoms with Gasteiger partial charge in [0.25, 0.3) is 0 Å². The van der Waals surface area contributed by atoms with Gasteiger partial charge in [0, 0.05) is 46.7 Å². The van der Waals surface area contributed by atoms with Crippen LogP contribution in [0.3, 0.4) is 0 Å². The van der Waals surface area contributed by atoms with Crippen LogP contribution < -0.4 is 0 Å². The number of thiophene rings is 1. The van der Waals surface area contributed by atoms with Crippen LogP contribution in [-0.2, 0) is 5.41 Å². The average Bonchev–Trinajstić information content (AvgIpc) is 3.89. The van der Waals surface area contributed by atoms with Gasteiger partial charge in [0.1, 0.15) is 0 Å². The van der Waals surface area contributed by atoms with Gasteiger partial charge in [-0.2, -0.15) is 0 Å². The number of nitrogens with zero attached hydrogens (tertiary/aromatic N) is 3. The molecule has 13 rings (SSSR count). The lowest BCUT2D eigenvalue weighted by atomic mass is 9.67. The molecule has 9 aromatic carbocycles. The van der Waals surface area contributed by atoms with Crippen LogP contribution in [0.25, 0.3) is 87.7 Å². The summed E-state index contributed by atoms with van der Waals surface area (Å²) in [5.41, 5.74) is 14.6. The van der Waals surface area contributed by atoms with Crippen molar-refractivity contribution in [1.29, 1.82) is 0 Å². The third kappa shape index (κ3) is 5.57. The normalized spacial score (nSPS) is 13.1. The van der Waals surface area contributed by atoms with Crippen LogP contribution in [0.4, 0.5) is 0 Å².